The lowest BCUT2D eigenvalue weighted by molar-refractivity contribution is 0.273. The zero-order valence-electron chi connectivity index (χ0n) is 11.5. The molecule has 2 aliphatic rings. The first-order valence-electron chi connectivity index (χ1n) is 7.07. The van der Waals surface area contributed by atoms with E-state index in [2.05, 4.69) is 25.1 Å². The van der Waals surface area contributed by atoms with Crippen LogP contribution in [0.2, 0.25) is 0 Å². The summed E-state index contributed by atoms with van der Waals surface area (Å²) in [5, 5.41) is 3.04. The molecule has 1 aromatic heterocycles. The summed E-state index contributed by atoms with van der Waals surface area (Å²) >= 11 is 0. The number of aromatic nitrogens is 2. The Morgan fingerprint density at radius 1 is 1.26 bits per heavy atom. The van der Waals surface area contributed by atoms with Crippen LogP contribution in [0, 0.1) is 0 Å². The molecule has 19 heavy (non-hydrogen) atoms. The molecule has 1 unspecified atom stereocenters. The minimum Gasteiger partial charge on any atom is -0.373 e. The lowest BCUT2D eigenvalue weighted by Gasteiger charge is -2.26. The molecule has 6 nitrogen and oxygen atoms in total. The number of anilines is 3. The predicted octanol–water partition coefficient (Wildman–Crippen LogP) is 0.775. The molecule has 1 atom stereocenters. The molecule has 104 valence electrons. The van der Waals surface area contributed by atoms with Crippen LogP contribution in [0.5, 0.6) is 0 Å². The van der Waals surface area contributed by atoms with Gasteiger partial charge in [-0.3, -0.25) is 4.90 Å². The third-order valence-corrected chi connectivity index (χ3v) is 4.11. The first-order chi connectivity index (χ1) is 9.26. The van der Waals surface area contributed by atoms with Gasteiger partial charge in [-0.2, -0.15) is 9.97 Å². The molecule has 3 rings (SSSR count). The fourth-order valence-electron chi connectivity index (χ4n) is 3.16. The second-order valence-electron chi connectivity index (χ2n) is 5.35. The van der Waals surface area contributed by atoms with E-state index < -0.39 is 0 Å². The molecule has 0 saturated carbocycles. The van der Waals surface area contributed by atoms with Crippen LogP contribution in [-0.4, -0.2) is 54.1 Å². The predicted molar refractivity (Wildman–Crippen MR) is 77.4 cm³/mol. The number of nitrogens with zero attached hydrogens (tertiary/aromatic N) is 4. The van der Waals surface area contributed by atoms with E-state index in [-0.39, 0.29) is 0 Å². The normalized spacial score (nSPS) is 24.1. The van der Waals surface area contributed by atoms with Crippen molar-refractivity contribution >= 4 is 17.6 Å². The molecule has 3 heterocycles. The number of rotatable bonds is 2. The van der Waals surface area contributed by atoms with Gasteiger partial charge in [0.25, 0.3) is 0 Å². The Morgan fingerprint density at radius 3 is 2.95 bits per heavy atom. The molecular formula is C13H22N6. The number of fused-ring (bicyclic) bond motifs is 1. The Hall–Kier alpha value is -1.56. The van der Waals surface area contributed by atoms with Crippen LogP contribution in [0.25, 0.3) is 0 Å². The molecule has 0 bridgehead atoms. The van der Waals surface area contributed by atoms with Gasteiger partial charge in [0.1, 0.15) is 11.6 Å². The highest BCUT2D eigenvalue weighted by atomic mass is 15.3. The van der Waals surface area contributed by atoms with E-state index >= 15 is 0 Å². The quantitative estimate of drug-likeness (QED) is 0.820. The van der Waals surface area contributed by atoms with Crippen LogP contribution in [0.1, 0.15) is 19.3 Å². The Labute approximate surface area is 114 Å². The van der Waals surface area contributed by atoms with Crippen LogP contribution in [0.4, 0.5) is 17.6 Å². The van der Waals surface area contributed by atoms with Crippen molar-refractivity contribution in [3.63, 3.8) is 0 Å². The maximum atomic E-state index is 5.79. The van der Waals surface area contributed by atoms with Gasteiger partial charge in [-0.15, -0.1) is 0 Å². The van der Waals surface area contributed by atoms with Gasteiger partial charge < -0.3 is 16.0 Å². The molecule has 0 spiro atoms. The monoisotopic (exact) mass is 262 g/mol. The average Bonchev–Trinajstić information content (AvgIpc) is 2.75. The Kier molecular flexibility index (Phi) is 3.42. The van der Waals surface area contributed by atoms with Crippen molar-refractivity contribution in [3.8, 4) is 0 Å². The maximum Gasteiger partial charge on any atom is 0.223 e. The van der Waals surface area contributed by atoms with E-state index in [1.807, 2.05) is 13.1 Å². The van der Waals surface area contributed by atoms with Crippen molar-refractivity contribution < 1.29 is 0 Å². The third-order valence-electron chi connectivity index (χ3n) is 4.11. The van der Waals surface area contributed by atoms with Crippen LogP contribution in [-0.2, 0) is 0 Å². The van der Waals surface area contributed by atoms with Crippen molar-refractivity contribution in [3.05, 3.63) is 6.07 Å². The van der Waals surface area contributed by atoms with Gasteiger partial charge in [-0.05, 0) is 25.8 Å². The van der Waals surface area contributed by atoms with Gasteiger partial charge in [0.2, 0.25) is 5.95 Å². The van der Waals surface area contributed by atoms with E-state index in [1.54, 1.807) is 0 Å². The molecule has 0 amide bonds. The summed E-state index contributed by atoms with van der Waals surface area (Å²) in [5.41, 5.74) is 5.79. The van der Waals surface area contributed by atoms with E-state index in [0.717, 1.165) is 24.7 Å². The van der Waals surface area contributed by atoms with E-state index in [1.165, 1.54) is 32.4 Å². The van der Waals surface area contributed by atoms with Crippen molar-refractivity contribution in [1.82, 2.24) is 14.9 Å². The largest absolute Gasteiger partial charge is 0.373 e. The number of hydrogen-bond acceptors (Lipinski definition) is 6. The van der Waals surface area contributed by atoms with Crippen molar-refractivity contribution in [2.75, 3.05) is 49.2 Å². The summed E-state index contributed by atoms with van der Waals surface area (Å²) < 4.78 is 0. The summed E-state index contributed by atoms with van der Waals surface area (Å²) in [5.74, 6) is 2.08. The Bertz CT molecular complexity index is 449. The van der Waals surface area contributed by atoms with Crippen LogP contribution in [0.15, 0.2) is 6.07 Å². The van der Waals surface area contributed by atoms with Crippen LogP contribution in [0.3, 0.4) is 0 Å². The van der Waals surface area contributed by atoms with Gasteiger partial charge in [0.15, 0.2) is 0 Å². The van der Waals surface area contributed by atoms with Gasteiger partial charge in [-0.25, -0.2) is 0 Å². The highest BCUT2D eigenvalue weighted by Gasteiger charge is 2.29. The lowest BCUT2D eigenvalue weighted by atomic mass is 10.2. The zero-order valence-corrected chi connectivity index (χ0v) is 11.5. The molecule has 2 fully saturated rings. The third kappa shape index (κ3) is 2.58. The first-order valence-corrected chi connectivity index (χ1v) is 7.07. The van der Waals surface area contributed by atoms with Gasteiger partial charge >= 0.3 is 0 Å². The SMILES string of the molecule is CNc1cc(N2CCCN3CCCC3C2)nc(N)n1. The first kappa shape index (κ1) is 12.5. The molecule has 0 aliphatic carbocycles. The summed E-state index contributed by atoms with van der Waals surface area (Å²) in [6.07, 6.45) is 3.82. The van der Waals surface area contributed by atoms with Crippen molar-refractivity contribution in [1.29, 1.82) is 0 Å². The lowest BCUT2D eigenvalue weighted by Crippen LogP contribution is -2.37. The molecule has 2 aliphatic heterocycles. The molecule has 0 radical (unpaired) electrons. The second-order valence-corrected chi connectivity index (χ2v) is 5.35. The fourth-order valence-corrected chi connectivity index (χ4v) is 3.16. The zero-order chi connectivity index (χ0) is 13.2. The van der Waals surface area contributed by atoms with Crippen LogP contribution >= 0.6 is 0 Å². The minimum atomic E-state index is 0.342. The van der Waals surface area contributed by atoms with Gasteiger partial charge in [0.05, 0.1) is 0 Å². The Balaban J connectivity index is 1.82. The van der Waals surface area contributed by atoms with Crippen LogP contribution < -0.4 is 16.0 Å². The highest BCUT2D eigenvalue weighted by molar-refractivity contribution is 5.52. The maximum absolute atomic E-state index is 5.79. The fraction of sp³-hybridized carbons (Fsp3) is 0.692. The van der Waals surface area contributed by atoms with E-state index in [0.29, 0.717) is 12.0 Å². The topological polar surface area (TPSA) is 70.3 Å². The number of nitrogen functional groups attached to an aromatic ring is 1. The average molecular weight is 262 g/mol. The summed E-state index contributed by atoms with van der Waals surface area (Å²) in [4.78, 5) is 13.5. The minimum absolute atomic E-state index is 0.342. The van der Waals surface area contributed by atoms with Gasteiger partial charge in [0, 0.05) is 38.8 Å². The summed E-state index contributed by atoms with van der Waals surface area (Å²) in [6, 6.07) is 2.66. The summed E-state index contributed by atoms with van der Waals surface area (Å²) in [6.45, 7) is 4.57. The highest BCUT2D eigenvalue weighted by Crippen LogP contribution is 2.25. The molecule has 3 N–H and O–H groups in total. The van der Waals surface area contributed by atoms with Crippen molar-refractivity contribution in [2.45, 2.75) is 25.3 Å². The number of nitrogens with one attached hydrogen (secondary N) is 1. The van der Waals surface area contributed by atoms with E-state index in [9.17, 15) is 0 Å². The van der Waals surface area contributed by atoms with Crippen molar-refractivity contribution in [2.24, 2.45) is 0 Å². The number of nitrogens with two attached hydrogens (primary N) is 1. The van der Waals surface area contributed by atoms with E-state index in [4.69, 9.17) is 5.73 Å². The molecule has 1 aromatic rings. The Morgan fingerprint density at radius 2 is 2.11 bits per heavy atom. The number of hydrogen-bond donors (Lipinski definition) is 2. The smallest absolute Gasteiger partial charge is 0.223 e. The second kappa shape index (κ2) is 5.21. The molecular weight excluding hydrogens is 240 g/mol. The molecule has 6 heteroatoms. The standard InChI is InChI=1S/C13H22N6/c1-15-11-8-12(17-13(14)16-11)19-7-3-6-18-5-2-4-10(18)9-19/h8,10H,2-7,9H2,1H3,(H3,14,15,16,17). The molecule has 0 aromatic carbocycles. The molecule has 2 saturated heterocycles. The summed E-state index contributed by atoms with van der Waals surface area (Å²) in [7, 11) is 1.85. The van der Waals surface area contributed by atoms with Gasteiger partial charge in [-0.1, -0.05) is 0 Å².